The van der Waals surface area contributed by atoms with Crippen molar-refractivity contribution in [1.29, 1.82) is 0 Å². The summed E-state index contributed by atoms with van der Waals surface area (Å²) in [5.74, 6) is 1.29. The number of rotatable bonds is 4. The van der Waals surface area contributed by atoms with Crippen molar-refractivity contribution >= 4 is 11.6 Å². The molecule has 1 aromatic rings. The van der Waals surface area contributed by atoms with Crippen LogP contribution in [0.5, 0.6) is 0 Å². The van der Waals surface area contributed by atoms with Crippen molar-refractivity contribution in [3.05, 3.63) is 11.4 Å². The zero-order valence-electron chi connectivity index (χ0n) is 13.1. The molecular weight excluding hydrogens is 264 g/mol. The number of aromatic amines is 1. The third-order valence-electron chi connectivity index (χ3n) is 5.28. The molecule has 21 heavy (non-hydrogen) atoms. The predicted molar refractivity (Wildman–Crippen MR) is 83.1 cm³/mol. The number of carbonyl (C=O) groups excluding carboxylic acids is 1. The molecule has 5 nitrogen and oxygen atoms in total. The number of H-pyrrole nitrogens is 1. The van der Waals surface area contributed by atoms with E-state index in [2.05, 4.69) is 17.1 Å². The topological polar surface area (TPSA) is 75.0 Å². The number of nitrogens with two attached hydrogens (primary N) is 1. The summed E-state index contributed by atoms with van der Waals surface area (Å²) in [7, 11) is 1.89. The fourth-order valence-electron chi connectivity index (χ4n) is 3.48. The first-order chi connectivity index (χ1) is 10.1. The normalized spacial score (nSPS) is 25.8. The highest BCUT2D eigenvalue weighted by atomic mass is 16.2. The van der Waals surface area contributed by atoms with Gasteiger partial charge >= 0.3 is 0 Å². The average Bonchev–Trinajstić information content (AvgIpc) is 3.29. The Morgan fingerprint density at radius 1 is 1.29 bits per heavy atom. The maximum absolute atomic E-state index is 12.6. The lowest BCUT2D eigenvalue weighted by Gasteiger charge is -2.34. The number of nitrogens with one attached hydrogen (secondary N) is 1. The highest BCUT2D eigenvalue weighted by Crippen LogP contribution is 2.42. The minimum Gasteiger partial charge on any atom is -0.395 e. The Kier molecular flexibility index (Phi) is 3.91. The largest absolute Gasteiger partial charge is 0.395 e. The monoisotopic (exact) mass is 290 g/mol. The van der Waals surface area contributed by atoms with E-state index in [0.717, 1.165) is 37.3 Å². The van der Waals surface area contributed by atoms with Gasteiger partial charge in [-0.05, 0) is 44.4 Å². The van der Waals surface area contributed by atoms with Crippen LogP contribution >= 0.6 is 0 Å². The molecule has 0 spiro atoms. The number of anilines is 1. The smallest absolute Gasteiger partial charge is 0.276 e. The van der Waals surface area contributed by atoms with Crippen molar-refractivity contribution in [3.63, 3.8) is 0 Å². The molecule has 2 aliphatic carbocycles. The Balaban J connectivity index is 1.67. The first-order valence-corrected chi connectivity index (χ1v) is 8.22. The van der Waals surface area contributed by atoms with Gasteiger partial charge in [0.2, 0.25) is 0 Å². The van der Waals surface area contributed by atoms with Crippen molar-refractivity contribution in [2.75, 3.05) is 12.8 Å². The lowest BCUT2D eigenvalue weighted by molar-refractivity contribution is 0.0670. The highest BCUT2D eigenvalue weighted by Gasteiger charge is 2.33. The Labute approximate surface area is 126 Å². The third kappa shape index (κ3) is 2.78. The van der Waals surface area contributed by atoms with Crippen molar-refractivity contribution in [2.24, 2.45) is 5.92 Å². The summed E-state index contributed by atoms with van der Waals surface area (Å²) in [5, 5.41) is 7.15. The van der Waals surface area contributed by atoms with Crippen LogP contribution in [-0.2, 0) is 0 Å². The summed E-state index contributed by atoms with van der Waals surface area (Å²) in [4.78, 5) is 14.5. The second kappa shape index (κ2) is 5.70. The van der Waals surface area contributed by atoms with Gasteiger partial charge in [0.05, 0.1) is 11.4 Å². The van der Waals surface area contributed by atoms with Gasteiger partial charge in [-0.2, -0.15) is 5.10 Å². The molecule has 0 unspecified atom stereocenters. The fraction of sp³-hybridized carbons (Fsp3) is 0.750. The van der Waals surface area contributed by atoms with E-state index < -0.39 is 0 Å². The lowest BCUT2D eigenvalue weighted by Crippen LogP contribution is -2.39. The Hall–Kier alpha value is -1.52. The molecule has 0 bridgehead atoms. The maximum Gasteiger partial charge on any atom is 0.276 e. The molecule has 5 heteroatoms. The molecule has 2 saturated carbocycles. The van der Waals surface area contributed by atoms with Crippen LogP contribution in [0.3, 0.4) is 0 Å². The number of nitrogen functional groups attached to an aromatic ring is 1. The van der Waals surface area contributed by atoms with E-state index >= 15 is 0 Å². The van der Waals surface area contributed by atoms with E-state index in [-0.39, 0.29) is 5.91 Å². The summed E-state index contributed by atoms with van der Waals surface area (Å²) >= 11 is 0. The van der Waals surface area contributed by atoms with E-state index in [1.54, 1.807) is 0 Å². The number of nitrogens with zero attached hydrogens (tertiary/aromatic N) is 2. The Morgan fingerprint density at radius 3 is 2.52 bits per heavy atom. The van der Waals surface area contributed by atoms with Gasteiger partial charge in [0.15, 0.2) is 5.69 Å². The molecule has 0 aliphatic heterocycles. The summed E-state index contributed by atoms with van der Waals surface area (Å²) < 4.78 is 0. The van der Waals surface area contributed by atoms with E-state index in [0.29, 0.717) is 23.3 Å². The standard InChI is InChI=1S/C16H26N4O/c1-3-10-4-8-12(9-5-10)20(2)16(21)15-13(17)14(18-19-15)11-6-7-11/h10-12H,3-9,17H2,1-2H3,(H,18,19). The zero-order chi connectivity index (χ0) is 15.0. The van der Waals surface area contributed by atoms with Gasteiger partial charge in [0, 0.05) is 19.0 Å². The molecule has 1 amide bonds. The number of hydrogen-bond acceptors (Lipinski definition) is 3. The Bertz CT molecular complexity index is 512. The lowest BCUT2D eigenvalue weighted by atomic mass is 9.84. The molecule has 0 saturated heterocycles. The molecule has 2 fully saturated rings. The van der Waals surface area contributed by atoms with Crippen LogP contribution in [0.15, 0.2) is 0 Å². The van der Waals surface area contributed by atoms with E-state index in [1.807, 2.05) is 11.9 Å². The fourth-order valence-corrected chi connectivity index (χ4v) is 3.48. The van der Waals surface area contributed by atoms with Crippen LogP contribution in [0.2, 0.25) is 0 Å². The second-order valence-electron chi connectivity index (χ2n) is 6.67. The summed E-state index contributed by atoms with van der Waals surface area (Å²) in [6, 6.07) is 0.334. The molecule has 0 aromatic carbocycles. The SMILES string of the molecule is CCC1CCC(N(C)C(=O)c2n[nH]c(C3CC3)c2N)CC1. The van der Waals surface area contributed by atoms with E-state index in [9.17, 15) is 4.79 Å². The van der Waals surface area contributed by atoms with Crippen LogP contribution in [-0.4, -0.2) is 34.1 Å². The number of carbonyl (C=O) groups is 1. The van der Waals surface area contributed by atoms with Gasteiger partial charge < -0.3 is 10.6 Å². The summed E-state index contributed by atoms with van der Waals surface area (Å²) in [5.41, 5.74) is 8.05. The molecule has 0 atom stereocenters. The van der Waals surface area contributed by atoms with Crippen LogP contribution in [0.25, 0.3) is 0 Å². The van der Waals surface area contributed by atoms with Crippen molar-refractivity contribution in [2.45, 2.75) is 63.8 Å². The quantitative estimate of drug-likeness (QED) is 0.895. The summed E-state index contributed by atoms with van der Waals surface area (Å²) in [6.45, 7) is 2.25. The van der Waals surface area contributed by atoms with Crippen LogP contribution in [0, 0.1) is 5.92 Å². The molecule has 116 valence electrons. The highest BCUT2D eigenvalue weighted by molar-refractivity contribution is 5.97. The minimum atomic E-state index is -0.0319. The van der Waals surface area contributed by atoms with Gasteiger partial charge in [-0.25, -0.2) is 0 Å². The average molecular weight is 290 g/mol. The van der Waals surface area contributed by atoms with E-state index in [1.165, 1.54) is 19.3 Å². The minimum absolute atomic E-state index is 0.0319. The number of hydrogen-bond donors (Lipinski definition) is 2. The first-order valence-electron chi connectivity index (χ1n) is 8.22. The molecule has 1 heterocycles. The molecule has 2 aliphatic rings. The molecule has 3 N–H and O–H groups in total. The van der Waals surface area contributed by atoms with Gasteiger partial charge in [0.1, 0.15) is 0 Å². The van der Waals surface area contributed by atoms with Gasteiger partial charge in [-0.3, -0.25) is 9.89 Å². The number of amides is 1. The van der Waals surface area contributed by atoms with Crippen molar-refractivity contribution < 1.29 is 4.79 Å². The van der Waals surface area contributed by atoms with Gasteiger partial charge in [-0.1, -0.05) is 13.3 Å². The maximum atomic E-state index is 12.6. The summed E-state index contributed by atoms with van der Waals surface area (Å²) in [6.07, 6.45) is 8.20. The van der Waals surface area contributed by atoms with E-state index in [4.69, 9.17) is 5.73 Å². The molecule has 1 aromatic heterocycles. The zero-order valence-corrected chi connectivity index (χ0v) is 13.1. The number of aromatic nitrogens is 2. The van der Waals surface area contributed by atoms with Crippen LogP contribution < -0.4 is 5.73 Å². The van der Waals surface area contributed by atoms with Crippen molar-refractivity contribution in [3.8, 4) is 0 Å². The third-order valence-corrected chi connectivity index (χ3v) is 5.28. The molecule has 0 radical (unpaired) electrons. The van der Waals surface area contributed by atoms with Gasteiger partial charge in [0.25, 0.3) is 5.91 Å². The first kappa shape index (κ1) is 14.4. The molecule has 3 rings (SSSR count). The predicted octanol–water partition coefficient (Wildman–Crippen LogP) is 2.91. The second-order valence-corrected chi connectivity index (χ2v) is 6.67. The van der Waals surface area contributed by atoms with Gasteiger partial charge in [-0.15, -0.1) is 0 Å². The van der Waals surface area contributed by atoms with Crippen LogP contribution in [0.1, 0.15) is 74.0 Å². The van der Waals surface area contributed by atoms with Crippen molar-refractivity contribution in [1.82, 2.24) is 15.1 Å². The Morgan fingerprint density at radius 2 is 1.95 bits per heavy atom. The van der Waals surface area contributed by atoms with Crippen LogP contribution in [0.4, 0.5) is 5.69 Å². The molecular formula is C16H26N4O.